The molecule has 0 radical (unpaired) electrons. The molecule has 0 unspecified atom stereocenters. The fraction of sp³-hybridized carbons (Fsp3) is 0.385. The number of amides is 2. The summed E-state index contributed by atoms with van der Waals surface area (Å²) in [7, 11) is 1.46. The van der Waals surface area contributed by atoms with Crippen molar-refractivity contribution in [1.82, 2.24) is 16.1 Å². The summed E-state index contributed by atoms with van der Waals surface area (Å²) in [5.74, 6) is -0.879. The highest BCUT2D eigenvalue weighted by atomic mass is 19.1. The van der Waals surface area contributed by atoms with Gasteiger partial charge in [0.1, 0.15) is 5.69 Å². The van der Waals surface area contributed by atoms with Crippen molar-refractivity contribution in [3.63, 3.8) is 0 Å². The number of nitrogens with zero attached hydrogens (tertiary/aromatic N) is 1. The number of aliphatic imine (C=N–C) groups is 1. The summed E-state index contributed by atoms with van der Waals surface area (Å²) >= 11 is 0. The summed E-state index contributed by atoms with van der Waals surface area (Å²) in [5, 5.41) is 4.81. The fourth-order valence-electron chi connectivity index (χ4n) is 1.54. The van der Waals surface area contributed by atoms with E-state index in [0.29, 0.717) is 12.5 Å². The van der Waals surface area contributed by atoms with Crippen LogP contribution < -0.4 is 21.5 Å². The highest BCUT2D eigenvalue weighted by Crippen LogP contribution is 2.28. The summed E-state index contributed by atoms with van der Waals surface area (Å²) in [6.07, 6.45) is 2.21. The SMILES string of the molecule is CNC(=O)NC(=NCC1CC1)NNc1c(F)cccc1F. The van der Waals surface area contributed by atoms with E-state index in [-0.39, 0.29) is 11.6 Å². The maximum atomic E-state index is 13.5. The molecule has 1 fully saturated rings. The van der Waals surface area contributed by atoms with Crippen molar-refractivity contribution < 1.29 is 13.6 Å². The van der Waals surface area contributed by atoms with Gasteiger partial charge in [-0.2, -0.15) is 0 Å². The molecule has 2 rings (SSSR count). The zero-order chi connectivity index (χ0) is 15.2. The first kappa shape index (κ1) is 15.0. The van der Waals surface area contributed by atoms with Gasteiger partial charge in [0.2, 0.25) is 5.96 Å². The molecule has 0 heterocycles. The summed E-state index contributed by atoms with van der Waals surface area (Å²) in [6.45, 7) is 0.549. The summed E-state index contributed by atoms with van der Waals surface area (Å²) < 4.78 is 26.9. The number of urea groups is 1. The molecular formula is C13H17F2N5O. The Kier molecular flexibility index (Phi) is 4.91. The Morgan fingerprint density at radius 2 is 2.00 bits per heavy atom. The van der Waals surface area contributed by atoms with E-state index in [1.54, 1.807) is 0 Å². The molecule has 114 valence electrons. The van der Waals surface area contributed by atoms with E-state index < -0.39 is 17.7 Å². The molecule has 1 aromatic rings. The Hall–Kier alpha value is -2.38. The fourth-order valence-corrected chi connectivity index (χ4v) is 1.54. The molecule has 1 saturated carbocycles. The number of para-hydroxylation sites is 1. The van der Waals surface area contributed by atoms with Gasteiger partial charge < -0.3 is 5.32 Å². The first-order valence-corrected chi connectivity index (χ1v) is 6.59. The lowest BCUT2D eigenvalue weighted by atomic mass is 10.3. The average Bonchev–Trinajstić information content (AvgIpc) is 3.27. The zero-order valence-corrected chi connectivity index (χ0v) is 11.5. The van der Waals surface area contributed by atoms with Gasteiger partial charge >= 0.3 is 6.03 Å². The highest BCUT2D eigenvalue weighted by molar-refractivity contribution is 5.96. The normalized spacial score (nSPS) is 14.5. The highest BCUT2D eigenvalue weighted by Gasteiger charge is 2.21. The lowest BCUT2D eigenvalue weighted by Gasteiger charge is -2.14. The molecule has 8 heteroatoms. The number of hydrogen-bond donors (Lipinski definition) is 4. The van der Waals surface area contributed by atoms with Gasteiger partial charge in [-0.05, 0) is 30.9 Å². The summed E-state index contributed by atoms with van der Waals surface area (Å²) in [4.78, 5) is 15.5. The van der Waals surface area contributed by atoms with Crippen LogP contribution in [-0.4, -0.2) is 25.6 Å². The molecule has 6 nitrogen and oxygen atoms in total. The van der Waals surface area contributed by atoms with E-state index in [2.05, 4.69) is 26.5 Å². The number of hydrazine groups is 1. The third-order valence-electron chi connectivity index (χ3n) is 2.93. The van der Waals surface area contributed by atoms with Gasteiger partial charge in [-0.25, -0.2) is 13.6 Å². The Morgan fingerprint density at radius 1 is 1.33 bits per heavy atom. The Bertz CT molecular complexity index is 525. The second-order valence-corrected chi connectivity index (χ2v) is 4.68. The van der Waals surface area contributed by atoms with Crippen LogP contribution >= 0.6 is 0 Å². The van der Waals surface area contributed by atoms with Gasteiger partial charge in [-0.3, -0.25) is 21.2 Å². The zero-order valence-electron chi connectivity index (χ0n) is 11.5. The van der Waals surface area contributed by atoms with Crippen molar-refractivity contribution in [3.8, 4) is 0 Å². The molecule has 4 N–H and O–H groups in total. The van der Waals surface area contributed by atoms with Crippen molar-refractivity contribution in [3.05, 3.63) is 29.8 Å². The van der Waals surface area contributed by atoms with Gasteiger partial charge in [0, 0.05) is 13.6 Å². The molecule has 0 aliphatic heterocycles. The van der Waals surface area contributed by atoms with Gasteiger partial charge in [0.15, 0.2) is 11.6 Å². The van der Waals surface area contributed by atoms with E-state index in [9.17, 15) is 13.6 Å². The molecular weight excluding hydrogens is 280 g/mol. The largest absolute Gasteiger partial charge is 0.341 e. The molecule has 0 bridgehead atoms. The predicted octanol–water partition coefficient (Wildman–Crippen LogP) is 1.58. The van der Waals surface area contributed by atoms with Crippen LogP contribution in [0.1, 0.15) is 12.8 Å². The topological polar surface area (TPSA) is 77.5 Å². The van der Waals surface area contributed by atoms with E-state index in [4.69, 9.17) is 0 Å². The number of carbonyl (C=O) groups is 1. The molecule has 0 spiro atoms. The number of nitrogens with one attached hydrogen (secondary N) is 4. The minimum absolute atomic E-state index is 0.101. The number of hydrogen-bond acceptors (Lipinski definition) is 3. The van der Waals surface area contributed by atoms with Crippen LogP contribution in [-0.2, 0) is 0 Å². The standard InChI is InChI=1S/C13H17F2N5O/c1-16-13(21)18-12(17-7-8-5-6-8)20-19-11-9(14)3-2-4-10(11)15/h2-4,8,19H,5-7H2,1H3,(H3,16,17,18,20,21). The molecule has 1 aliphatic carbocycles. The van der Waals surface area contributed by atoms with Crippen molar-refractivity contribution in [1.29, 1.82) is 0 Å². The number of benzene rings is 1. The number of halogens is 2. The maximum Gasteiger partial charge on any atom is 0.321 e. The van der Waals surface area contributed by atoms with Crippen LogP contribution in [0.2, 0.25) is 0 Å². The monoisotopic (exact) mass is 297 g/mol. The molecule has 1 aromatic carbocycles. The number of carbonyl (C=O) groups excluding carboxylic acids is 1. The average molecular weight is 297 g/mol. The second-order valence-electron chi connectivity index (χ2n) is 4.68. The number of rotatable bonds is 4. The van der Waals surface area contributed by atoms with E-state index >= 15 is 0 Å². The molecule has 0 saturated heterocycles. The number of anilines is 1. The van der Waals surface area contributed by atoms with E-state index in [1.165, 1.54) is 13.1 Å². The van der Waals surface area contributed by atoms with Crippen molar-refractivity contribution >= 4 is 17.7 Å². The minimum atomic E-state index is -0.746. The van der Waals surface area contributed by atoms with Gasteiger partial charge in [0.05, 0.1) is 0 Å². The van der Waals surface area contributed by atoms with Crippen molar-refractivity contribution in [2.24, 2.45) is 10.9 Å². The molecule has 1 aliphatic rings. The molecule has 0 atom stereocenters. The van der Waals surface area contributed by atoms with Gasteiger partial charge in [0.25, 0.3) is 0 Å². The second kappa shape index (κ2) is 6.87. The lowest BCUT2D eigenvalue weighted by Crippen LogP contribution is -2.47. The first-order chi connectivity index (χ1) is 10.1. The Balaban J connectivity index is 2.00. The van der Waals surface area contributed by atoms with Crippen LogP contribution in [0.25, 0.3) is 0 Å². The van der Waals surface area contributed by atoms with Gasteiger partial charge in [-0.15, -0.1) is 0 Å². The van der Waals surface area contributed by atoms with E-state index in [1.807, 2.05) is 0 Å². The quantitative estimate of drug-likeness (QED) is 0.387. The molecule has 21 heavy (non-hydrogen) atoms. The van der Waals surface area contributed by atoms with Crippen LogP contribution in [0, 0.1) is 17.6 Å². The van der Waals surface area contributed by atoms with Crippen LogP contribution in [0.3, 0.4) is 0 Å². The van der Waals surface area contributed by atoms with Crippen LogP contribution in [0.4, 0.5) is 19.3 Å². The Morgan fingerprint density at radius 3 is 2.57 bits per heavy atom. The van der Waals surface area contributed by atoms with Crippen LogP contribution in [0.5, 0.6) is 0 Å². The first-order valence-electron chi connectivity index (χ1n) is 6.59. The maximum absolute atomic E-state index is 13.5. The third kappa shape index (κ3) is 4.59. The lowest BCUT2D eigenvalue weighted by molar-refractivity contribution is 0.247. The number of guanidine groups is 1. The summed E-state index contributed by atoms with van der Waals surface area (Å²) in [5.41, 5.74) is 4.56. The van der Waals surface area contributed by atoms with E-state index in [0.717, 1.165) is 25.0 Å². The smallest absolute Gasteiger partial charge is 0.321 e. The summed E-state index contributed by atoms with van der Waals surface area (Å²) in [6, 6.07) is 3.04. The Labute approximate surface area is 121 Å². The third-order valence-corrected chi connectivity index (χ3v) is 2.93. The predicted molar refractivity (Wildman–Crippen MR) is 75.7 cm³/mol. The molecule has 2 amide bonds. The molecule has 0 aromatic heterocycles. The minimum Gasteiger partial charge on any atom is -0.341 e. The van der Waals surface area contributed by atoms with Crippen molar-refractivity contribution in [2.75, 3.05) is 19.0 Å². The van der Waals surface area contributed by atoms with Gasteiger partial charge in [-0.1, -0.05) is 6.07 Å². The van der Waals surface area contributed by atoms with Crippen molar-refractivity contribution in [2.45, 2.75) is 12.8 Å². The van der Waals surface area contributed by atoms with Crippen LogP contribution in [0.15, 0.2) is 23.2 Å².